The van der Waals surface area contributed by atoms with E-state index in [9.17, 15) is 23.1 Å². The molecule has 6 rings (SSSR count). The Hall–Kier alpha value is -4.65. The Labute approximate surface area is 264 Å². The SMILES string of the molecule is COc1cccc(-c2ccc([C@@H](Oc3cc(N4CCC5(CC4)CN[C@H](C(=O)O)C5)nc(C)n3)C(F)(F)F)c(-n3ccc(C)n3)c2)c1. The Morgan fingerprint density at radius 3 is 2.48 bits per heavy atom. The van der Waals surface area contributed by atoms with Crippen LogP contribution in [0.4, 0.5) is 19.0 Å². The minimum atomic E-state index is -4.79. The largest absolute Gasteiger partial charge is 0.497 e. The number of ether oxygens (including phenoxy) is 2. The molecular weight excluding hydrogens is 601 g/mol. The minimum absolute atomic E-state index is 0.123. The van der Waals surface area contributed by atoms with Crippen molar-refractivity contribution < 1.29 is 32.5 Å². The molecule has 1 spiro atoms. The highest BCUT2D eigenvalue weighted by Gasteiger charge is 2.46. The summed E-state index contributed by atoms with van der Waals surface area (Å²) in [4.78, 5) is 22.2. The van der Waals surface area contributed by atoms with Crippen molar-refractivity contribution in [1.82, 2.24) is 25.1 Å². The van der Waals surface area contributed by atoms with Gasteiger partial charge in [-0.25, -0.2) is 9.67 Å². The first-order valence-electron chi connectivity index (χ1n) is 15.0. The number of aromatic nitrogens is 4. The standard InChI is InChI=1S/C33H35F3N6O4/c1-20-9-12-42(40-20)27-16-23(22-5-4-6-24(15-22)45-3)7-8-25(27)30(33(34,35)36)46-29-17-28(38-21(2)39-29)41-13-10-32(11-14-41)18-26(31(43)44)37-19-32/h4-9,12,15-17,26,30,37H,10-11,13-14,18-19H2,1-3H3,(H,43,44)/t26-,30+/m0/s1. The Bertz CT molecular complexity index is 1730. The van der Waals surface area contributed by atoms with E-state index >= 15 is 0 Å². The van der Waals surface area contributed by atoms with Crippen LogP contribution in [-0.4, -0.2) is 69.8 Å². The van der Waals surface area contributed by atoms with Crippen LogP contribution in [0.5, 0.6) is 11.6 Å². The number of halogens is 3. The summed E-state index contributed by atoms with van der Waals surface area (Å²) < 4.78 is 57.1. The van der Waals surface area contributed by atoms with Crippen molar-refractivity contribution in [1.29, 1.82) is 0 Å². The van der Waals surface area contributed by atoms with Crippen LogP contribution in [-0.2, 0) is 4.79 Å². The fraction of sp³-hybridized carbons (Fsp3) is 0.394. The predicted octanol–water partition coefficient (Wildman–Crippen LogP) is 5.67. The number of carboxylic acid groups (broad SMARTS) is 1. The number of anilines is 1. The first kappa shape index (κ1) is 31.3. The number of benzene rings is 2. The van der Waals surface area contributed by atoms with Crippen molar-refractivity contribution in [3.8, 4) is 28.4 Å². The Balaban J connectivity index is 1.31. The first-order chi connectivity index (χ1) is 21.9. The predicted molar refractivity (Wildman–Crippen MR) is 164 cm³/mol. The van der Waals surface area contributed by atoms with Crippen LogP contribution in [0.1, 0.15) is 42.4 Å². The second kappa shape index (κ2) is 12.3. The average Bonchev–Trinajstić information content (AvgIpc) is 3.66. The van der Waals surface area contributed by atoms with E-state index in [0.717, 1.165) is 18.4 Å². The number of carbonyl (C=O) groups is 1. The number of carboxylic acids is 1. The summed E-state index contributed by atoms with van der Waals surface area (Å²) in [6, 6.07) is 14.6. The minimum Gasteiger partial charge on any atom is -0.497 e. The summed E-state index contributed by atoms with van der Waals surface area (Å²) >= 11 is 0. The smallest absolute Gasteiger partial charge is 0.429 e. The second-order valence-corrected chi connectivity index (χ2v) is 12.0. The Morgan fingerprint density at radius 1 is 1.07 bits per heavy atom. The number of aliphatic carboxylic acids is 1. The fourth-order valence-electron chi connectivity index (χ4n) is 6.35. The van der Waals surface area contributed by atoms with Crippen LogP contribution >= 0.6 is 0 Å². The Morgan fingerprint density at radius 2 is 1.83 bits per heavy atom. The van der Waals surface area contributed by atoms with E-state index in [0.29, 0.717) is 48.9 Å². The third-order valence-electron chi connectivity index (χ3n) is 8.83. The number of hydrogen-bond acceptors (Lipinski definition) is 8. The van der Waals surface area contributed by atoms with E-state index in [1.54, 1.807) is 51.4 Å². The molecule has 2 saturated heterocycles. The van der Waals surface area contributed by atoms with E-state index in [4.69, 9.17) is 9.47 Å². The van der Waals surface area contributed by atoms with Gasteiger partial charge in [0.25, 0.3) is 0 Å². The lowest BCUT2D eigenvalue weighted by Gasteiger charge is -2.39. The van der Waals surface area contributed by atoms with Gasteiger partial charge in [0.1, 0.15) is 23.4 Å². The van der Waals surface area contributed by atoms with Crippen LogP contribution in [0, 0.1) is 19.3 Å². The van der Waals surface area contributed by atoms with E-state index in [1.165, 1.54) is 16.8 Å². The number of nitrogens with zero attached hydrogens (tertiary/aromatic N) is 5. The lowest BCUT2D eigenvalue weighted by atomic mass is 9.76. The maximum atomic E-state index is 14.9. The molecule has 0 bridgehead atoms. The highest BCUT2D eigenvalue weighted by molar-refractivity contribution is 5.74. The van der Waals surface area contributed by atoms with Crippen LogP contribution in [0.15, 0.2) is 60.8 Å². The molecule has 0 aliphatic carbocycles. The maximum Gasteiger partial charge on any atom is 0.429 e. The molecule has 0 saturated carbocycles. The van der Waals surface area contributed by atoms with Gasteiger partial charge in [-0.05, 0) is 73.9 Å². The van der Waals surface area contributed by atoms with Gasteiger partial charge < -0.3 is 24.8 Å². The molecule has 46 heavy (non-hydrogen) atoms. The van der Waals surface area contributed by atoms with Gasteiger partial charge in [-0.3, -0.25) is 4.79 Å². The lowest BCUT2D eigenvalue weighted by Crippen LogP contribution is -2.41. The molecule has 10 nitrogen and oxygen atoms in total. The molecule has 2 aliphatic heterocycles. The van der Waals surface area contributed by atoms with E-state index in [-0.39, 0.29) is 28.4 Å². The van der Waals surface area contributed by atoms with Crippen LogP contribution in [0.3, 0.4) is 0 Å². The summed E-state index contributed by atoms with van der Waals surface area (Å²) in [5, 5.41) is 16.9. The topological polar surface area (TPSA) is 115 Å². The molecule has 2 fully saturated rings. The van der Waals surface area contributed by atoms with Gasteiger partial charge in [0, 0.05) is 37.5 Å². The zero-order chi connectivity index (χ0) is 32.6. The van der Waals surface area contributed by atoms with Gasteiger partial charge in [-0.1, -0.05) is 24.3 Å². The molecule has 4 aromatic rings. The number of aryl methyl sites for hydroxylation is 2. The van der Waals surface area contributed by atoms with Gasteiger partial charge in [0.05, 0.1) is 18.5 Å². The van der Waals surface area contributed by atoms with Crippen LogP contribution in [0.2, 0.25) is 0 Å². The van der Waals surface area contributed by atoms with E-state index in [2.05, 4.69) is 20.4 Å². The normalized spacial score (nSPS) is 18.5. The zero-order valence-corrected chi connectivity index (χ0v) is 25.7. The molecule has 0 amide bonds. The number of rotatable bonds is 8. The molecule has 13 heteroatoms. The molecule has 2 aromatic carbocycles. The van der Waals surface area contributed by atoms with Gasteiger partial charge in [0.15, 0.2) is 0 Å². The molecule has 0 radical (unpaired) electrons. The van der Waals surface area contributed by atoms with Gasteiger partial charge in [-0.2, -0.15) is 23.3 Å². The zero-order valence-electron chi connectivity index (χ0n) is 25.7. The van der Waals surface area contributed by atoms with Crippen LogP contribution in [0.25, 0.3) is 16.8 Å². The first-order valence-corrected chi connectivity index (χ1v) is 15.0. The van der Waals surface area contributed by atoms with Crippen molar-refractivity contribution in [2.75, 3.05) is 31.6 Å². The molecule has 4 heterocycles. The van der Waals surface area contributed by atoms with Crippen molar-refractivity contribution in [2.45, 2.75) is 51.4 Å². The summed E-state index contributed by atoms with van der Waals surface area (Å²) in [6.07, 6.45) is -3.50. The third kappa shape index (κ3) is 6.50. The maximum absolute atomic E-state index is 14.9. The fourth-order valence-corrected chi connectivity index (χ4v) is 6.35. The monoisotopic (exact) mass is 636 g/mol. The van der Waals surface area contributed by atoms with Gasteiger partial charge in [-0.15, -0.1) is 0 Å². The molecule has 2 N–H and O–H groups in total. The third-order valence-corrected chi connectivity index (χ3v) is 8.83. The number of alkyl halides is 3. The van der Waals surface area contributed by atoms with E-state index < -0.39 is 24.3 Å². The molecule has 2 atom stereocenters. The summed E-state index contributed by atoms with van der Waals surface area (Å²) in [7, 11) is 1.55. The number of nitrogens with one attached hydrogen (secondary N) is 1. The van der Waals surface area contributed by atoms with Gasteiger partial charge in [0.2, 0.25) is 12.0 Å². The molecular formula is C33H35F3N6O4. The number of methoxy groups -OCH3 is 1. The number of hydrogen-bond donors (Lipinski definition) is 2. The van der Waals surface area contributed by atoms with Crippen molar-refractivity contribution in [3.05, 3.63) is 77.9 Å². The second-order valence-electron chi connectivity index (χ2n) is 12.0. The van der Waals surface area contributed by atoms with Crippen molar-refractivity contribution in [2.24, 2.45) is 5.41 Å². The Kier molecular flexibility index (Phi) is 8.36. The number of piperidine rings is 1. The van der Waals surface area contributed by atoms with Crippen molar-refractivity contribution >= 4 is 11.8 Å². The molecule has 242 valence electrons. The highest BCUT2D eigenvalue weighted by atomic mass is 19.4. The molecule has 2 aromatic heterocycles. The quantitative estimate of drug-likeness (QED) is 0.253. The summed E-state index contributed by atoms with van der Waals surface area (Å²) in [5.74, 6) is 0.317. The molecule has 2 aliphatic rings. The summed E-state index contributed by atoms with van der Waals surface area (Å²) in [5.41, 5.74) is 2.07. The summed E-state index contributed by atoms with van der Waals surface area (Å²) in [6.45, 7) is 5.17. The van der Waals surface area contributed by atoms with Gasteiger partial charge >= 0.3 is 12.1 Å². The van der Waals surface area contributed by atoms with E-state index in [1.807, 2.05) is 23.1 Å². The average molecular weight is 637 g/mol. The highest BCUT2D eigenvalue weighted by Crippen LogP contribution is 2.42. The van der Waals surface area contributed by atoms with Crippen LogP contribution < -0.4 is 19.7 Å². The van der Waals surface area contributed by atoms with Crippen molar-refractivity contribution in [3.63, 3.8) is 0 Å². The lowest BCUT2D eigenvalue weighted by molar-refractivity contribution is -0.198. The molecule has 0 unspecified atom stereocenters.